The minimum atomic E-state index is -0.271. The van der Waals surface area contributed by atoms with Crippen LogP contribution in [0.25, 0.3) is 17.4 Å². The van der Waals surface area contributed by atoms with Gasteiger partial charge in [0, 0.05) is 32.7 Å². The highest BCUT2D eigenvalue weighted by Crippen LogP contribution is 2.26. The number of fused-ring (bicyclic) bond motifs is 1. The molecule has 1 amide bonds. The second kappa shape index (κ2) is 8.14. The summed E-state index contributed by atoms with van der Waals surface area (Å²) >= 11 is 0. The minimum Gasteiger partial charge on any atom is -0.461 e. The number of rotatable bonds is 5. The Labute approximate surface area is 179 Å². The van der Waals surface area contributed by atoms with Gasteiger partial charge in [0.25, 0.3) is 5.78 Å². The van der Waals surface area contributed by atoms with E-state index in [1.807, 2.05) is 9.80 Å². The van der Waals surface area contributed by atoms with E-state index in [-0.39, 0.29) is 17.9 Å². The number of carbonyl (C=O) groups is 1. The van der Waals surface area contributed by atoms with Gasteiger partial charge in [0.2, 0.25) is 23.6 Å². The zero-order valence-electron chi connectivity index (χ0n) is 17.6. The summed E-state index contributed by atoms with van der Waals surface area (Å²) in [7, 11) is 0. The molecule has 0 radical (unpaired) electrons. The molecule has 0 bridgehead atoms. The quantitative estimate of drug-likeness (QED) is 0.635. The Hall–Kier alpha value is -3.21. The third kappa shape index (κ3) is 3.69. The van der Waals surface area contributed by atoms with Crippen molar-refractivity contribution in [3.8, 4) is 11.6 Å². The summed E-state index contributed by atoms with van der Waals surface area (Å²) in [6.45, 7) is 7.37. The fourth-order valence-electron chi connectivity index (χ4n) is 4.41. The summed E-state index contributed by atoms with van der Waals surface area (Å²) in [4.78, 5) is 33.1. The van der Waals surface area contributed by atoms with Crippen LogP contribution in [-0.2, 0) is 4.79 Å². The number of carbonyl (C=O) groups excluding carboxylic acids is 1. The van der Waals surface area contributed by atoms with E-state index in [2.05, 4.69) is 31.9 Å². The first-order valence-electron chi connectivity index (χ1n) is 10.9. The number of piperazine rings is 1. The number of aromatic nitrogens is 5. The van der Waals surface area contributed by atoms with Crippen molar-refractivity contribution in [1.82, 2.24) is 34.4 Å². The summed E-state index contributed by atoms with van der Waals surface area (Å²) in [5, 5.41) is 4.34. The highest BCUT2D eigenvalue weighted by Gasteiger charge is 2.36. The molecule has 3 aromatic rings. The van der Waals surface area contributed by atoms with E-state index < -0.39 is 0 Å². The summed E-state index contributed by atoms with van der Waals surface area (Å²) in [5.41, 5.74) is 6.15. The van der Waals surface area contributed by atoms with Gasteiger partial charge in [-0.05, 0) is 37.9 Å². The van der Waals surface area contributed by atoms with Crippen LogP contribution >= 0.6 is 0 Å². The largest absolute Gasteiger partial charge is 0.461 e. The molecule has 2 aliphatic heterocycles. The number of nitrogen functional groups attached to an aromatic ring is 1. The third-order valence-corrected chi connectivity index (χ3v) is 5.98. The molecule has 0 aliphatic carbocycles. The molecular formula is C20H27N9O2. The van der Waals surface area contributed by atoms with Crippen LogP contribution in [0.2, 0.25) is 0 Å². The Morgan fingerprint density at radius 3 is 2.77 bits per heavy atom. The van der Waals surface area contributed by atoms with E-state index >= 15 is 0 Å². The maximum absolute atomic E-state index is 13.3. The minimum absolute atomic E-state index is 0.147. The van der Waals surface area contributed by atoms with Gasteiger partial charge < -0.3 is 20.0 Å². The monoisotopic (exact) mass is 425 g/mol. The number of hydrogen-bond donors (Lipinski definition) is 1. The first-order chi connectivity index (χ1) is 15.1. The van der Waals surface area contributed by atoms with Crippen LogP contribution in [0.4, 0.5) is 11.9 Å². The van der Waals surface area contributed by atoms with Crippen molar-refractivity contribution in [3.63, 3.8) is 0 Å². The molecule has 31 heavy (non-hydrogen) atoms. The molecule has 2 N–H and O–H groups in total. The third-order valence-electron chi connectivity index (χ3n) is 5.98. The van der Waals surface area contributed by atoms with E-state index in [4.69, 9.17) is 10.2 Å². The van der Waals surface area contributed by atoms with Crippen LogP contribution in [-0.4, -0.2) is 85.6 Å². The highest BCUT2D eigenvalue weighted by molar-refractivity contribution is 5.85. The lowest BCUT2D eigenvalue weighted by atomic mass is 10.1. The number of hydrogen-bond acceptors (Lipinski definition) is 9. The Morgan fingerprint density at radius 1 is 1.19 bits per heavy atom. The van der Waals surface area contributed by atoms with Gasteiger partial charge in [-0.1, -0.05) is 6.92 Å². The standard InChI is InChI=1S/C20H27N9O2/c1-2-7-26-9-11-27(12-10-26)17(30)14-5-3-8-28(14)19-23-18(21)29-20(24-19)22-16(25-29)15-6-4-13-31-15/h4,6,13-14H,2-3,5,7-12H2,1H3,(H2,21,22,23,24,25)/t14-/m0/s1. The van der Waals surface area contributed by atoms with Gasteiger partial charge in [0.1, 0.15) is 6.04 Å². The van der Waals surface area contributed by atoms with Crippen LogP contribution in [0.15, 0.2) is 22.8 Å². The first-order valence-corrected chi connectivity index (χ1v) is 10.9. The SMILES string of the molecule is CCCN1CCN(C(=O)[C@@H]2CCCN2c2nc(N)n3nc(-c4ccco4)nc3n2)CC1. The van der Waals surface area contributed by atoms with Crippen molar-refractivity contribution >= 4 is 23.6 Å². The molecule has 11 nitrogen and oxygen atoms in total. The van der Waals surface area contributed by atoms with E-state index in [1.54, 1.807) is 18.4 Å². The molecule has 0 aromatic carbocycles. The van der Waals surface area contributed by atoms with Crippen molar-refractivity contribution in [2.24, 2.45) is 0 Å². The molecule has 2 aliphatic rings. The molecule has 0 spiro atoms. The smallest absolute Gasteiger partial charge is 0.259 e. The fourth-order valence-corrected chi connectivity index (χ4v) is 4.41. The maximum Gasteiger partial charge on any atom is 0.259 e. The molecule has 3 aromatic heterocycles. The highest BCUT2D eigenvalue weighted by atomic mass is 16.3. The van der Waals surface area contributed by atoms with E-state index in [9.17, 15) is 4.79 Å². The van der Waals surface area contributed by atoms with Gasteiger partial charge in [-0.25, -0.2) is 0 Å². The number of furan rings is 1. The molecule has 1 atom stereocenters. The summed E-state index contributed by atoms with van der Waals surface area (Å²) in [5.74, 6) is 2.00. The normalized spacial score (nSPS) is 20.1. The van der Waals surface area contributed by atoms with Gasteiger partial charge in [-0.3, -0.25) is 9.69 Å². The average Bonchev–Trinajstić information content (AvgIpc) is 3.53. The number of anilines is 2. The zero-order valence-corrected chi connectivity index (χ0v) is 17.6. The van der Waals surface area contributed by atoms with Crippen LogP contribution in [0.1, 0.15) is 26.2 Å². The molecule has 0 saturated carbocycles. The van der Waals surface area contributed by atoms with Gasteiger partial charge in [0.05, 0.1) is 6.26 Å². The maximum atomic E-state index is 13.3. The van der Waals surface area contributed by atoms with E-state index in [0.717, 1.165) is 52.0 Å². The fraction of sp³-hybridized carbons (Fsp3) is 0.550. The van der Waals surface area contributed by atoms with Crippen molar-refractivity contribution < 1.29 is 9.21 Å². The topological polar surface area (TPSA) is 122 Å². The lowest BCUT2D eigenvalue weighted by Gasteiger charge is -2.37. The van der Waals surface area contributed by atoms with Gasteiger partial charge >= 0.3 is 0 Å². The van der Waals surface area contributed by atoms with E-state index in [1.165, 1.54) is 4.52 Å². The van der Waals surface area contributed by atoms with Crippen molar-refractivity contribution in [1.29, 1.82) is 0 Å². The van der Waals surface area contributed by atoms with Crippen molar-refractivity contribution in [2.75, 3.05) is 49.9 Å². The number of nitrogens with two attached hydrogens (primary N) is 1. The van der Waals surface area contributed by atoms with Crippen molar-refractivity contribution in [3.05, 3.63) is 18.4 Å². The Bertz CT molecular complexity index is 1060. The van der Waals surface area contributed by atoms with Gasteiger partial charge in [-0.15, -0.1) is 5.10 Å². The van der Waals surface area contributed by atoms with Crippen molar-refractivity contribution in [2.45, 2.75) is 32.2 Å². The summed E-state index contributed by atoms with van der Waals surface area (Å²) in [6, 6.07) is 3.27. The molecule has 2 saturated heterocycles. The molecule has 2 fully saturated rings. The number of amides is 1. The predicted octanol–water partition coefficient (Wildman–Crippen LogP) is 0.885. The zero-order chi connectivity index (χ0) is 21.4. The molecule has 5 rings (SSSR count). The second-order valence-electron chi connectivity index (χ2n) is 8.02. The van der Waals surface area contributed by atoms with Crippen LogP contribution < -0.4 is 10.6 Å². The van der Waals surface area contributed by atoms with E-state index in [0.29, 0.717) is 29.9 Å². The number of nitrogens with zero attached hydrogens (tertiary/aromatic N) is 8. The summed E-state index contributed by atoms with van der Waals surface area (Å²) < 4.78 is 6.76. The Morgan fingerprint density at radius 2 is 2.03 bits per heavy atom. The Balaban J connectivity index is 1.37. The summed E-state index contributed by atoms with van der Waals surface area (Å²) in [6.07, 6.45) is 4.39. The lowest BCUT2D eigenvalue weighted by Crippen LogP contribution is -2.54. The second-order valence-corrected chi connectivity index (χ2v) is 8.02. The van der Waals surface area contributed by atoms with Crippen LogP contribution in [0.5, 0.6) is 0 Å². The molecular weight excluding hydrogens is 398 g/mol. The predicted molar refractivity (Wildman–Crippen MR) is 114 cm³/mol. The molecule has 0 unspecified atom stereocenters. The average molecular weight is 425 g/mol. The van der Waals surface area contributed by atoms with Gasteiger partial charge in [-0.2, -0.15) is 19.5 Å². The molecule has 5 heterocycles. The van der Waals surface area contributed by atoms with Crippen LogP contribution in [0.3, 0.4) is 0 Å². The Kier molecular flexibility index (Phi) is 5.18. The molecule has 11 heteroatoms. The lowest BCUT2D eigenvalue weighted by molar-refractivity contribution is -0.134. The molecule has 164 valence electrons. The van der Waals surface area contributed by atoms with Gasteiger partial charge in [0.15, 0.2) is 5.76 Å². The first kappa shape index (κ1) is 19.7. The van der Waals surface area contributed by atoms with Crippen LogP contribution in [0, 0.1) is 0 Å².